The number of aliphatic hydroxyl groups is 2. The summed E-state index contributed by atoms with van der Waals surface area (Å²) in [6.07, 6.45) is 1.60. The molecule has 0 aliphatic heterocycles. The third kappa shape index (κ3) is 4.13. The van der Waals surface area contributed by atoms with Crippen molar-refractivity contribution < 1.29 is 10.2 Å². The van der Waals surface area contributed by atoms with Gasteiger partial charge in [0.15, 0.2) is 0 Å². The minimum absolute atomic E-state index is 0.164. The van der Waals surface area contributed by atoms with E-state index in [4.69, 9.17) is 23.2 Å². The highest BCUT2D eigenvalue weighted by Gasteiger charge is 2.16. The van der Waals surface area contributed by atoms with Crippen LogP contribution in [0.15, 0.2) is 53.5 Å². The lowest BCUT2D eigenvalue weighted by molar-refractivity contribution is 0.275. The zero-order chi connectivity index (χ0) is 22.1. The lowest BCUT2D eigenvalue weighted by atomic mass is 10.1. The molecule has 0 aliphatic carbocycles. The highest BCUT2D eigenvalue weighted by molar-refractivity contribution is 6.39. The van der Waals surface area contributed by atoms with Crippen LogP contribution in [-0.2, 0) is 20.3 Å². The van der Waals surface area contributed by atoms with Crippen LogP contribution in [0.3, 0.4) is 0 Å². The fourth-order valence-corrected chi connectivity index (χ4v) is 3.99. The number of halogens is 2. The third-order valence-electron chi connectivity index (χ3n) is 4.85. The van der Waals surface area contributed by atoms with Crippen molar-refractivity contribution in [2.75, 3.05) is 5.32 Å². The zero-order valence-electron chi connectivity index (χ0n) is 16.4. The first-order valence-corrected chi connectivity index (χ1v) is 10.1. The fourth-order valence-electron chi connectivity index (χ4n) is 3.39. The molecule has 0 saturated heterocycles. The molecule has 0 bridgehead atoms. The van der Waals surface area contributed by atoms with Crippen molar-refractivity contribution in [3.63, 3.8) is 0 Å². The van der Waals surface area contributed by atoms with Gasteiger partial charge in [-0.15, -0.1) is 0 Å². The van der Waals surface area contributed by atoms with Crippen molar-refractivity contribution in [1.82, 2.24) is 14.5 Å². The summed E-state index contributed by atoms with van der Waals surface area (Å²) in [6.45, 7) is -0.327. The third-order valence-corrected chi connectivity index (χ3v) is 5.48. The van der Waals surface area contributed by atoms with Gasteiger partial charge in [0, 0.05) is 29.9 Å². The minimum atomic E-state index is -0.294. The smallest absolute Gasteiger partial charge is 0.259 e. The van der Waals surface area contributed by atoms with Crippen molar-refractivity contribution >= 4 is 45.9 Å². The van der Waals surface area contributed by atoms with E-state index in [1.165, 1.54) is 4.57 Å². The molecule has 0 aliphatic rings. The van der Waals surface area contributed by atoms with Crippen LogP contribution in [-0.4, -0.2) is 24.7 Å². The second-order valence-electron chi connectivity index (χ2n) is 6.97. The van der Waals surface area contributed by atoms with E-state index in [-0.39, 0.29) is 24.7 Å². The monoisotopic (exact) mass is 456 g/mol. The topological polar surface area (TPSA) is 100 Å². The van der Waals surface area contributed by atoms with Gasteiger partial charge in [0.2, 0.25) is 5.95 Å². The van der Waals surface area contributed by atoms with E-state index in [0.717, 1.165) is 0 Å². The summed E-state index contributed by atoms with van der Waals surface area (Å²) >= 11 is 12.6. The Morgan fingerprint density at radius 2 is 1.68 bits per heavy atom. The Kier molecular flexibility index (Phi) is 5.93. The summed E-state index contributed by atoms with van der Waals surface area (Å²) in [5, 5.41) is 23.3. The summed E-state index contributed by atoms with van der Waals surface area (Å²) in [4.78, 5) is 21.8. The van der Waals surface area contributed by atoms with Crippen LogP contribution in [0.5, 0.6) is 0 Å². The maximum Gasteiger partial charge on any atom is 0.259 e. The number of hydrogen-bond donors (Lipinski definition) is 3. The van der Waals surface area contributed by atoms with Gasteiger partial charge in [-0.3, -0.25) is 9.36 Å². The molecule has 7 nitrogen and oxygen atoms in total. The molecule has 4 rings (SSSR count). The normalized spacial score (nSPS) is 11.1. The van der Waals surface area contributed by atoms with Crippen molar-refractivity contribution in [3.8, 4) is 11.1 Å². The van der Waals surface area contributed by atoms with Crippen LogP contribution in [0.2, 0.25) is 10.0 Å². The number of benzene rings is 2. The van der Waals surface area contributed by atoms with E-state index < -0.39 is 0 Å². The van der Waals surface area contributed by atoms with Gasteiger partial charge in [-0.05, 0) is 41.5 Å². The van der Waals surface area contributed by atoms with Gasteiger partial charge < -0.3 is 15.5 Å². The fraction of sp³-hybridized carbons (Fsp3) is 0.136. The van der Waals surface area contributed by atoms with Gasteiger partial charge >= 0.3 is 0 Å². The molecule has 2 heterocycles. The van der Waals surface area contributed by atoms with Crippen molar-refractivity contribution in [3.05, 3.63) is 80.2 Å². The maximum atomic E-state index is 13.0. The summed E-state index contributed by atoms with van der Waals surface area (Å²) in [5.41, 5.74) is 2.85. The lowest BCUT2D eigenvalue weighted by Gasteiger charge is -2.12. The molecule has 0 atom stereocenters. The van der Waals surface area contributed by atoms with Gasteiger partial charge in [0.25, 0.3) is 5.56 Å². The predicted molar refractivity (Wildman–Crippen MR) is 122 cm³/mol. The molecular formula is C22H18Cl2N4O3. The number of rotatable bonds is 5. The van der Waals surface area contributed by atoms with Crippen LogP contribution < -0.4 is 10.9 Å². The molecule has 2 aromatic heterocycles. The molecule has 158 valence electrons. The van der Waals surface area contributed by atoms with Gasteiger partial charge in [0.1, 0.15) is 5.65 Å². The van der Waals surface area contributed by atoms with E-state index in [2.05, 4.69) is 15.3 Å². The number of fused-ring (bicyclic) bond motifs is 1. The standard InChI is InChI=1S/C22H18Cl2N4O3/c1-28-20-14(8-16(21(28)31)19-17(23)3-2-4-18(19)24)9-25-22(27-20)26-15-6-12(10-29)5-13(7-15)11-30/h2-9,29-30H,10-11H2,1H3,(H,25,26,27). The Hall–Kier alpha value is -2.97. The first-order valence-electron chi connectivity index (χ1n) is 9.34. The largest absolute Gasteiger partial charge is 0.392 e. The Bertz CT molecular complexity index is 1310. The summed E-state index contributed by atoms with van der Waals surface area (Å²) in [6, 6.07) is 11.9. The van der Waals surface area contributed by atoms with E-state index in [1.807, 2.05) is 0 Å². The molecule has 9 heteroatoms. The zero-order valence-corrected chi connectivity index (χ0v) is 17.9. The average Bonchev–Trinajstić information content (AvgIpc) is 2.77. The Labute approximate surface area is 187 Å². The van der Waals surface area contributed by atoms with Crippen LogP contribution >= 0.6 is 23.2 Å². The SMILES string of the molecule is Cn1c(=O)c(-c2c(Cl)cccc2Cl)cc2cnc(Nc3cc(CO)cc(CO)c3)nc21. The molecule has 31 heavy (non-hydrogen) atoms. The highest BCUT2D eigenvalue weighted by Crippen LogP contribution is 2.33. The van der Waals surface area contributed by atoms with Gasteiger partial charge in [-0.25, -0.2) is 4.98 Å². The number of anilines is 2. The van der Waals surface area contributed by atoms with Gasteiger partial charge in [0.05, 0.1) is 28.8 Å². The van der Waals surface area contributed by atoms with Crippen molar-refractivity contribution in [1.29, 1.82) is 0 Å². The first kappa shape index (κ1) is 21.3. The number of pyridine rings is 1. The number of nitrogens with zero attached hydrogens (tertiary/aromatic N) is 3. The van der Waals surface area contributed by atoms with E-state index in [1.54, 1.807) is 55.7 Å². The molecule has 0 spiro atoms. The van der Waals surface area contributed by atoms with E-state index in [9.17, 15) is 15.0 Å². The quantitative estimate of drug-likeness (QED) is 0.419. The van der Waals surface area contributed by atoms with E-state index >= 15 is 0 Å². The Morgan fingerprint density at radius 3 is 2.29 bits per heavy atom. The molecule has 3 N–H and O–H groups in total. The molecule has 2 aromatic carbocycles. The molecule has 0 unspecified atom stereocenters. The number of aryl methyl sites for hydroxylation is 1. The van der Waals surface area contributed by atoms with Crippen LogP contribution in [0.25, 0.3) is 22.2 Å². The molecule has 0 amide bonds. The molecule has 4 aromatic rings. The number of nitrogens with one attached hydrogen (secondary N) is 1. The molecule has 0 radical (unpaired) electrons. The van der Waals surface area contributed by atoms with Gasteiger partial charge in [-0.1, -0.05) is 35.3 Å². The minimum Gasteiger partial charge on any atom is -0.392 e. The summed E-state index contributed by atoms with van der Waals surface area (Å²) in [7, 11) is 1.62. The predicted octanol–water partition coefficient (Wildman–Crippen LogP) is 4.03. The Balaban J connectivity index is 1.79. The van der Waals surface area contributed by atoms with Crippen LogP contribution in [0, 0.1) is 0 Å². The number of hydrogen-bond acceptors (Lipinski definition) is 6. The van der Waals surface area contributed by atoms with Crippen molar-refractivity contribution in [2.24, 2.45) is 7.05 Å². The number of aromatic nitrogens is 3. The van der Waals surface area contributed by atoms with Crippen LogP contribution in [0.1, 0.15) is 11.1 Å². The molecular weight excluding hydrogens is 439 g/mol. The summed E-state index contributed by atoms with van der Waals surface area (Å²) < 4.78 is 1.42. The van der Waals surface area contributed by atoms with E-state index in [0.29, 0.717) is 49.0 Å². The summed E-state index contributed by atoms with van der Waals surface area (Å²) in [5.74, 6) is 0.269. The van der Waals surface area contributed by atoms with Gasteiger partial charge in [-0.2, -0.15) is 4.98 Å². The molecule has 0 saturated carbocycles. The average molecular weight is 457 g/mol. The number of aliphatic hydroxyl groups excluding tert-OH is 2. The second kappa shape index (κ2) is 8.64. The first-order chi connectivity index (χ1) is 14.9. The Morgan fingerprint density at radius 1 is 1.03 bits per heavy atom. The van der Waals surface area contributed by atoms with Crippen LogP contribution in [0.4, 0.5) is 11.6 Å². The molecule has 0 fully saturated rings. The second-order valence-corrected chi connectivity index (χ2v) is 7.79. The van der Waals surface area contributed by atoms with Crippen molar-refractivity contribution in [2.45, 2.75) is 13.2 Å². The lowest BCUT2D eigenvalue weighted by Crippen LogP contribution is -2.20. The highest BCUT2D eigenvalue weighted by atomic mass is 35.5. The maximum absolute atomic E-state index is 13.0.